The lowest BCUT2D eigenvalue weighted by atomic mass is 9.92. The van der Waals surface area contributed by atoms with Gasteiger partial charge in [-0.2, -0.15) is 0 Å². The van der Waals surface area contributed by atoms with Crippen LogP contribution in [-0.4, -0.2) is 27.0 Å². The Morgan fingerprint density at radius 3 is 2.42 bits per heavy atom. The molecule has 174 valence electrons. The van der Waals surface area contributed by atoms with Crippen molar-refractivity contribution in [3.05, 3.63) is 68.7 Å². The van der Waals surface area contributed by atoms with Gasteiger partial charge in [-0.05, 0) is 49.7 Å². The molecule has 0 fully saturated rings. The van der Waals surface area contributed by atoms with Gasteiger partial charge in [-0.1, -0.05) is 51.3 Å². The molecule has 33 heavy (non-hydrogen) atoms. The largest absolute Gasteiger partial charge is 0.528 e. The van der Waals surface area contributed by atoms with Crippen LogP contribution in [0.5, 0.6) is 5.88 Å². The van der Waals surface area contributed by atoms with Gasteiger partial charge in [0.05, 0.1) is 18.5 Å². The van der Waals surface area contributed by atoms with Gasteiger partial charge in [0, 0.05) is 20.9 Å². The minimum Gasteiger partial charge on any atom is -0.386 e. The molecule has 0 bridgehead atoms. The van der Waals surface area contributed by atoms with Crippen LogP contribution < -0.4 is 9.42 Å². The number of aromatic nitrogens is 2. The van der Waals surface area contributed by atoms with Crippen LogP contribution in [0.2, 0.25) is 10.0 Å². The number of halogens is 3. The molecule has 0 radical (unpaired) electrons. The first-order valence-corrected chi connectivity index (χ1v) is 12.9. The van der Waals surface area contributed by atoms with E-state index < -0.39 is 13.4 Å². The Morgan fingerprint density at radius 1 is 1.18 bits per heavy atom. The van der Waals surface area contributed by atoms with Gasteiger partial charge in [-0.3, -0.25) is 18.8 Å². The number of benzene rings is 2. The molecule has 2 heterocycles. The molecule has 1 aromatic heterocycles. The van der Waals surface area contributed by atoms with E-state index in [9.17, 15) is 14.3 Å². The second-order valence-corrected chi connectivity index (χ2v) is 10.7. The molecule has 0 saturated heterocycles. The summed E-state index contributed by atoms with van der Waals surface area (Å²) in [5.41, 5.74) is 0.0331. The Kier molecular flexibility index (Phi) is 6.66. The first-order valence-electron chi connectivity index (χ1n) is 9.84. The number of carbonyl (C=O) groups is 1. The minimum absolute atomic E-state index is 0.0308. The van der Waals surface area contributed by atoms with Crippen LogP contribution in [-0.2, 0) is 25.8 Å². The van der Waals surface area contributed by atoms with Gasteiger partial charge in [-0.15, -0.1) is 0 Å². The van der Waals surface area contributed by atoms with Crippen molar-refractivity contribution >= 4 is 64.5 Å². The number of anilines is 2. The smallest absolute Gasteiger partial charge is 0.386 e. The van der Waals surface area contributed by atoms with E-state index in [2.05, 4.69) is 20.9 Å². The molecule has 3 aromatic rings. The summed E-state index contributed by atoms with van der Waals surface area (Å²) in [5, 5.41) is 0.690. The number of amides is 1. The Morgan fingerprint density at radius 2 is 1.82 bits per heavy atom. The van der Waals surface area contributed by atoms with Crippen LogP contribution >= 0.6 is 47.0 Å². The van der Waals surface area contributed by atoms with Crippen molar-refractivity contribution in [3.8, 4) is 5.88 Å². The molecule has 1 aliphatic rings. The highest BCUT2D eigenvalue weighted by molar-refractivity contribution is 9.10. The fourth-order valence-electron chi connectivity index (χ4n) is 3.80. The number of fused-ring (bicyclic) bond motifs is 1. The van der Waals surface area contributed by atoms with E-state index in [1.807, 2.05) is 24.3 Å². The molecule has 1 aliphatic heterocycles. The van der Waals surface area contributed by atoms with E-state index in [1.54, 1.807) is 32.0 Å². The van der Waals surface area contributed by atoms with Crippen LogP contribution in [0, 0.1) is 0 Å². The van der Waals surface area contributed by atoms with Crippen LogP contribution in [0.25, 0.3) is 0 Å². The number of hydrogen-bond acceptors (Lipinski definition) is 5. The molecule has 2 aromatic carbocycles. The highest BCUT2D eigenvalue weighted by Gasteiger charge is 2.51. The average molecular weight is 575 g/mol. The third-order valence-corrected chi connectivity index (χ3v) is 7.10. The third-order valence-electron chi connectivity index (χ3n) is 5.14. The first kappa shape index (κ1) is 24.3. The molecule has 8 nitrogen and oxygen atoms in total. The Labute approximate surface area is 208 Å². The maximum absolute atomic E-state index is 13.8. The van der Waals surface area contributed by atoms with Gasteiger partial charge in [0.2, 0.25) is 11.8 Å². The van der Waals surface area contributed by atoms with Crippen LogP contribution in [0.15, 0.2) is 53.1 Å². The van der Waals surface area contributed by atoms with Crippen molar-refractivity contribution in [1.82, 2.24) is 9.55 Å². The summed E-state index contributed by atoms with van der Waals surface area (Å²) >= 11 is 15.8. The maximum Gasteiger partial charge on any atom is 0.528 e. The van der Waals surface area contributed by atoms with E-state index in [1.165, 1.54) is 15.7 Å². The summed E-state index contributed by atoms with van der Waals surface area (Å²) in [6.45, 7) is 3.25. The number of hydrogen-bond donors (Lipinski definition) is 1. The Hall–Kier alpha value is -1.87. The molecule has 1 N–H and O–H groups in total. The van der Waals surface area contributed by atoms with E-state index in [4.69, 9.17) is 32.2 Å². The van der Waals surface area contributed by atoms with Crippen molar-refractivity contribution in [3.63, 3.8) is 0 Å². The molecule has 1 unspecified atom stereocenters. The lowest BCUT2D eigenvalue weighted by molar-refractivity contribution is -0.124. The minimum atomic E-state index is -4.42. The van der Waals surface area contributed by atoms with Crippen LogP contribution in [0.1, 0.15) is 19.4 Å². The van der Waals surface area contributed by atoms with E-state index in [0.717, 1.165) is 10.0 Å². The van der Waals surface area contributed by atoms with Gasteiger partial charge in [0.15, 0.2) is 0 Å². The molecule has 1 amide bonds. The Bertz CT molecular complexity index is 1250. The molecule has 0 spiro atoms. The molecule has 0 saturated carbocycles. The number of rotatable bonds is 7. The van der Waals surface area contributed by atoms with Crippen molar-refractivity contribution in [2.24, 2.45) is 0 Å². The zero-order chi connectivity index (χ0) is 24.0. The number of phosphoric acid groups is 1. The fraction of sp³-hybridized carbons (Fsp3) is 0.238. The van der Waals surface area contributed by atoms with Crippen LogP contribution in [0.3, 0.4) is 0 Å². The average Bonchev–Trinajstić information content (AvgIpc) is 3.20. The summed E-state index contributed by atoms with van der Waals surface area (Å²) in [4.78, 5) is 29.6. The summed E-state index contributed by atoms with van der Waals surface area (Å²) in [6, 6.07) is 12.2. The summed E-state index contributed by atoms with van der Waals surface area (Å²) < 4.78 is 24.9. The summed E-state index contributed by atoms with van der Waals surface area (Å²) in [5.74, 6) is -0.210. The van der Waals surface area contributed by atoms with Crippen LogP contribution in [0.4, 0.5) is 11.6 Å². The summed E-state index contributed by atoms with van der Waals surface area (Å²) in [6.07, 6.45) is 1.54. The topological polar surface area (TPSA) is 93.9 Å². The zero-order valence-corrected chi connectivity index (χ0v) is 21.5. The highest BCUT2D eigenvalue weighted by atomic mass is 79.9. The predicted molar refractivity (Wildman–Crippen MR) is 129 cm³/mol. The monoisotopic (exact) mass is 573 g/mol. The molecular formula is C21H19BrCl2N3O5P. The molecule has 0 aliphatic carbocycles. The molecule has 2 atom stereocenters. The fourth-order valence-corrected chi connectivity index (χ4v) is 5.33. The third kappa shape index (κ3) is 4.71. The highest BCUT2D eigenvalue weighted by Crippen LogP contribution is 2.50. The molecular weight excluding hydrogens is 556 g/mol. The first-order chi connectivity index (χ1) is 15.5. The van der Waals surface area contributed by atoms with E-state index in [-0.39, 0.29) is 30.8 Å². The van der Waals surface area contributed by atoms with Gasteiger partial charge < -0.3 is 4.52 Å². The SMILES string of the molecule is CCOP(=O)(O)Oc1cnc2n1[C@](C)(Cc1ccc(Br)cc1)C(=O)N2c1cc(Cl)cc(Cl)c1. The second kappa shape index (κ2) is 9.06. The normalized spacial score (nSPS) is 19.5. The van der Waals surface area contributed by atoms with Gasteiger partial charge >= 0.3 is 7.82 Å². The number of nitrogens with zero attached hydrogens (tertiary/aromatic N) is 3. The summed E-state index contributed by atoms with van der Waals surface area (Å²) in [7, 11) is -4.42. The molecule has 12 heteroatoms. The van der Waals surface area contributed by atoms with Gasteiger partial charge in [0.25, 0.3) is 5.91 Å². The quantitative estimate of drug-likeness (QED) is 0.342. The maximum atomic E-state index is 13.8. The second-order valence-electron chi connectivity index (χ2n) is 7.55. The lowest BCUT2D eigenvalue weighted by Gasteiger charge is -2.26. The van der Waals surface area contributed by atoms with Crippen molar-refractivity contribution in [1.29, 1.82) is 0 Å². The van der Waals surface area contributed by atoms with E-state index in [0.29, 0.717) is 15.7 Å². The van der Waals surface area contributed by atoms with Gasteiger partial charge in [-0.25, -0.2) is 14.4 Å². The number of phosphoric ester groups is 1. The standard InChI is InChI=1S/C21H19BrCl2N3O5P/c1-3-31-33(29,30)32-18-12-25-20-26(17-9-15(23)8-16(24)10-17)19(28)21(2,27(18)20)11-13-4-6-14(22)7-5-13/h4-10,12H,3,11H2,1-2H3,(H,29,30)/t21-/m1/s1. The Balaban J connectivity index is 1.85. The number of carbonyl (C=O) groups excluding carboxylic acids is 1. The van der Waals surface area contributed by atoms with Gasteiger partial charge in [0.1, 0.15) is 5.54 Å². The van der Waals surface area contributed by atoms with E-state index >= 15 is 0 Å². The molecule has 4 rings (SSSR count). The zero-order valence-electron chi connectivity index (χ0n) is 17.5. The van der Waals surface area contributed by atoms with Crippen molar-refractivity contribution in [2.75, 3.05) is 11.5 Å². The lowest BCUT2D eigenvalue weighted by Crippen LogP contribution is -2.41. The number of imidazole rings is 1. The van der Waals surface area contributed by atoms with Crippen molar-refractivity contribution < 1.29 is 23.3 Å². The van der Waals surface area contributed by atoms with Crippen molar-refractivity contribution in [2.45, 2.75) is 25.8 Å². The predicted octanol–water partition coefficient (Wildman–Crippen LogP) is 6.10.